The van der Waals surface area contributed by atoms with E-state index in [0.29, 0.717) is 11.4 Å². The molecule has 0 spiro atoms. The van der Waals surface area contributed by atoms with E-state index in [9.17, 15) is 18.0 Å². The van der Waals surface area contributed by atoms with Crippen molar-refractivity contribution in [3.8, 4) is 5.75 Å². The van der Waals surface area contributed by atoms with Gasteiger partial charge in [0.1, 0.15) is 5.75 Å². The molecule has 0 aliphatic carbocycles. The van der Waals surface area contributed by atoms with Crippen LogP contribution in [0.4, 0.5) is 5.69 Å². The summed E-state index contributed by atoms with van der Waals surface area (Å²) in [5.74, 6) is -0.653. The van der Waals surface area contributed by atoms with E-state index in [1.807, 2.05) is 0 Å². The molecule has 132 valence electrons. The first kappa shape index (κ1) is 18.5. The zero-order valence-electron chi connectivity index (χ0n) is 13.6. The smallest absolute Gasteiger partial charge is 0.262 e. The number of nitrogens with two attached hydrogens (primary N) is 1. The molecule has 0 aromatic heterocycles. The van der Waals surface area contributed by atoms with Gasteiger partial charge in [0.05, 0.1) is 10.6 Å². The highest BCUT2D eigenvalue weighted by atomic mass is 32.2. The molecule has 3 N–H and O–H groups in total. The molecule has 0 aliphatic rings. The second-order valence-corrected chi connectivity index (χ2v) is 7.43. The van der Waals surface area contributed by atoms with Gasteiger partial charge >= 0.3 is 0 Å². The maximum Gasteiger partial charge on any atom is 0.262 e. The van der Waals surface area contributed by atoms with Crippen LogP contribution in [0.3, 0.4) is 0 Å². The van der Waals surface area contributed by atoms with Gasteiger partial charge in [-0.25, -0.2) is 8.42 Å². The van der Waals surface area contributed by atoms with Gasteiger partial charge in [-0.1, -0.05) is 13.0 Å². The van der Waals surface area contributed by atoms with Crippen LogP contribution in [0.25, 0.3) is 0 Å². The van der Waals surface area contributed by atoms with Crippen molar-refractivity contribution in [3.05, 3.63) is 54.1 Å². The minimum absolute atomic E-state index is 0.0108. The average molecular weight is 362 g/mol. The molecule has 2 amide bonds. The third-order valence-corrected chi connectivity index (χ3v) is 5.12. The Morgan fingerprint density at radius 1 is 1.12 bits per heavy atom. The Hall–Kier alpha value is -2.87. The van der Waals surface area contributed by atoms with Crippen LogP contribution in [0, 0.1) is 0 Å². The number of amides is 2. The van der Waals surface area contributed by atoms with E-state index in [4.69, 9.17) is 10.5 Å². The fourth-order valence-electron chi connectivity index (χ4n) is 2.00. The normalized spacial score (nSPS) is 10.9. The van der Waals surface area contributed by atoms with E-state index in [1.165, 1.54) is 30.3 Å². The van der Waals surface area contributed by atoms with Crippen molar-refractivity contribution < 1.29 is 22.7 Å². The second kappa shape index (κ2) is 7.80. The van der Waals surface area contributed by atoms with E-state index in [0.717, 1.165) is 0 Å². The summed E-state index contributed by atoms with van der Waals surface area (Å²) < 4.78 is 28.8. The molecule has 0 fully saturated rings. The Morgan fingerprint density at radius 3 is 2.40 bits per heavy atom. The van der Waals surface area contributed by atoms with Crippen LogP contribution in [-0.4, -0.2) is 32.6 Å². The summed E-state index contributed by atoms with van der Waals surface area (Å²) in [5.41, 5.74) is 5.91. The van der Waals surface area contributed by atoms with Crippen molar-refractivity contribution in [3.63, 3.8) is 0 Å². The molecule has 0 heterocycles. The van der Waals surface area contributed by atoms with Crippen molar-refractivity contribution in [2.24, 2.45) is 5.73 Å². The molecule has 0 bridgehead atoms. The molecule has 0 atom stereocenters. The standard InChI is InChI=1S/C17H18N2O5S/c1-2-25(22,23)15-8-6-13(7-9-15)19-16(20)11-24-14-5-3-4-12(10-14)17(18)21/h3-10H,2,11H2,1H3,(H2,18,21)(H,19,20). The summed E-state index contributed by atoms with van der Waals surface area (Å²) in [6.07, 6.45) is 0. The number of carbonyl (C=O) groups is 2. The summed E-state index contributed by atoms with van der Waals surface area (Å²) in [5, 5.41) is 2.60. The number of hydrogen-bond acceptors (Lipinski definition) is 5. The molecule has 7 nitrogen and oxygen atoms in total. The number of sulfone groups is 1. The minimum Gasteiger partial charge on any atom is -0.484 e. The van der Waals surface area contributed by atoms with Gasteiger partial charge in [-0.05, 0) is 42.5 Å². The molecule has 0 radical (unpaired) electrons. The van der Waals surface area contributed by atoms with Crippen molar-refractivity contribution in [1.29, 1.82) is 0 Å². The third-order valence-electron chi connectivity index (χ3n) is 3.37. The van der Waals surface area contributed by atoms with Gasteiger partial charge in [-0.15, -0.1) is 0 Å². The first-order chi connectivity index (χ1) is 11.8. The SMILES string of the molecule is CCS(=O)(=O)c1ccc(NC(=O)COc2cccc(C(N)=O)c2)cc1. The molecular weight excluding hydrogens is 344 g/mol. The largest absolute Gasteiger partial charge is 0.484 e. The summed E-state index contributed by atoms with van der Waals surface area (Å²) in [7, 11) is -3.28. The summed E-state index contributed by atoms with van der Waals surface area (Å²) in [4.78, 5) is 23.2. The molecule has 0 aliphatic heterocycles. The van der Waals surface area contributed by atoms with Crippen LogP contribution in [0.5, 0.6) is 5.75 Å². The van der Waals surface area contributed by atoms with Gasteiger partial charge in [0.25, 0.3) is 5.91 Å². The quantitative estimate of drug-likeness (QED) is 0.776. The maximum atomic E-state index is 11.9. The topological polar surface area (TPSA) is 116 Å². The lowest BCUT2D eigenvalue weighted by Crippen LogP contribution is -2.20. The van der Waals surface area contributed by atoms with E-state index >= 15 is 0 Å². The number of hydrogen-bond donors (Lipinski definition) is 2. The van der Waals surface area contributed by atoms with Crippen molar-refractivity contribution in [2.75, 3.05) is 17.7 Å². The molecule has 2 aromatic rings. The molecule has 25 heavy (non-hydrogen) atoms. The zero-order valence-corrected chi connectivity index (χ0v) is 14.4. The number of anilines is 1. The van der Waals surface area contributed by atoms with E-state index < -0.39 is 21.7 Å². The van der Waals surface area contributed by atoms with Crippen LogP contribution in [0.1, 0.15) is 17.3 Å². The lowest BCUT2D eigenvalue weighted by atomic mass is 10.2. The predicted molar refractivity (Wildman–Crippen MR) is 93.3 cm³/mol. The summed E-state index contributed by atoms with van der Waals surface area (Å²) >= 11 is 0. The van der Waals surface area contributed by atoms with E-state index in [1.54, 1.807) is 25.1 Å². The first-order valence-electron chi connectivity index (χ1n) is 7.47. The van der Waals surface area contributed by atoms with Gasteiger partial charge in [-0.2, -0.15) is 0 Å². The Labute approximate surface area is 145 Å². The first-order valence-corrected chi connectivity index (χ1v) is 9.12. The highest BCUT2D eigenvalue weighted by Gasteiger charge is 2.11. The van der Waals surface area contributed by atoms with Gasteiger partial charge in [0.2, 0.25) is 5.91 Å². The Bertz CT molecular complexity index is 876. The molecule has 8 heteroatoms. The molecule has 0 saturated heterocycles. The molecule has 0 saturated carbocycles. The Morgan fingerprint density at radius 2 is 1.80 bits per heavy atom. The fraction of sp³-hybridized carbons (Fsp3) is 0.176. The molecule has 2 aromatic carbocycles. The van der Waals surface area contributed by atoms with Crippen molar-refractivity contribution in [1.82, 2.24) is 0 Å². The summed E-state index contributed by atoms with van der Waals surface area (Å²) in [6, 6.07) is 12.1. The zero-order chi connectivity index (χ0) is 18.4. The van der Waals surface area contributed by atoms with Crippen LogP contribution in [-0.2, 0) is 14.6 Å². The van der Waals surface area contributed by atoms with Crippen molar-refractivity contribution in [2.45, 2.75) is 11.8 Å². The van der Waals surface area contributed by atoms with E-state index in [-0.39, 0.29) is 22.8 Å². The van der Waals surface area contributed by atoms with Crippen LogP contribution < -0.4 is 15.8 Å². The van der Waals surface area contributed by atoms with Gasteiger partial charge in [0.15, 0.2) is 16.4 Å². The highest BCUT2D eigenvalue weighted by molar-refractivity contribution is 7.91. The predicted octanol–water partition coefficient (Wildman–Crippen LogP) is 1.60. The lowest BCUT2D eigenvalue weighted by Gasteiger charge is -2.09. The number of nitrogens with one attached hydrogen (secondary N) is 1. The van der Waals surface area contributed by atoms with Gasteiger partial charge < -0.3 is 15.8 Å². The Balaban J connectivity index is 1.94. The minimum atomic E-state index is -3.28. The van der Waals surface area contributed by atoms with Gasteiger partial charge in [0, 0.05) is 11.3 Å². The number of primary amides is 1. The van der Waals surface area contributed by atoms with Crippen LogP contribution in [0.2, 0.25) is 0 Å². The molecule has 2 rings (SSSR count). The van der Waals surface area contributed by atoms with Gasteiger partial charge in [-0.3, -0.25) is 9.59 Å². The Kier molecular flexibility index (Phi) is 5.76. The average Bonchev–Trinajstić information content (AvgIpc) is 2.60. The lowest BCUT2D eigenvalue weighted by molar-refractivity contribution is -0.118. The van der Waals surface area contributed by atoms with Crippen LogP contribution in [0.15, 0.2) is 53.4 Å². The number of rotatable bonds is 7. The molecular formula is C17H18N2O5S. The van der Waals surface area contributed by atoms with Crippen LogP contribution >= 0.6 is 0 Å². The second-order valence-electron chi connectivity index (χ2n) is 5.16. The maximum absolute atomic E-state index is 11.9. The number of ether oxygens (including phenoxy) is 1. The van der Waals surface area contributed by atoms with Crippen molar-refractivity contribution >= 4 is 27.3 Å². The monoisotopic (exact) mass is 362 g/mol. The van der Waals surface area contributed by atoms with E-state index in [2.05, 4.69) is 5.32 Å². The fourth-order valence-corrected chi connectivity index (χ4v) is 2.88. The number of carbonyl (C=O) groups excluding carboxylic acids is 2. The summed E-state index contributed by atoms with van der Waals surface area (Å²) in [6.45, 7) is 1.30. The third kappa shape index (κ3) is 5.05. The highest BCUT2D eigenvalue weighted by Crippen LogP contribution is 2.16. The molecule has 0 unspecified atom stereocenters. The number of benzene rings is 2.